The molecule has 5 nitrogen and oxygen atoms in total. The Morgan fingerprint density at radius 2 is 2.39 bits per heavy atom. The van der Waals surface area contributed by atoms with E-state index >= 15 is 0 Å². The van der Waals surface area contributed by atoms with Gasteiger partial charge >= 0.3 is 0 Å². The number of amides is 1. The second-order valence-corrected chi connectivity index (χ2v) is 4.86. The number of hydrogen-bond donors (Lipinski definition) is 1. The fraction of sp³-hybridized carbons (Fsp3) is 0.615. The van der Waals surface area contributed by atoms with Crippen molar-refractivity contribution in [2.45, 2.75) is 39.2 Å². The lowest BCUT2D eigenvalue weighted by Crippen LogP contribution is -2.44. The highest BCUT2D eigenvalue weighted by atomic mass is 16.2. The van der Waals surface area contributed by atoms with Crippen LogP contribution in [0.25, 0.3) is 0 Å². The van der Waals surface area contributed by atoms with Crippen molar-refractivity contribution in [1.82, 2.24) is 15.1 Å². The van der Waals surface area contributed by atoms with Gasteiger partial charge in [0.15, 0.2) is 0 Å². The van der Waals surface area contributed by atoms with Crippen molar-refractivity contribution >= 4 is 5.91 Å². The minimum Gasteiger partial charge on any atom is -0.351 e. The Morgan fingerprint density at radius 1 is 1.67 bits per heavy atom. The third-order valence-electron chi connectivity index (χ3n) is 3.62. The number of carbonyl (C=O) groups excluding carboxylic acids is 1. The topological polar surface area (TPSA) is 70.7 Å². The Labute approximate surface area is 107 Å². The molecule has 5 heteroatoms. The summed E-state index contributed by atoms with van der Waals surface area (Å²) in [6.07, 6.45) is 5.09. The molecule has 1 aliphatic rings. The average molecular weight is 246 g/mol. The fourth-order valence-corrected chi connectivity index (χ4v) is 2.29. The third kappa shape index (κ3) is 2.10. The van der Waals surface area contributed by atoms with Crippen LogP contribution in [-0.2, 0) is 24.8 Å². The van der Waals surface area contributed by atoms with Crippen LogP contribution in [0.4, 0.5) is 0 Å². The van der Waals surface area contributed by atoms with Crippen LogP contribution in [0.3, 0.4) is 0 Å². The minimum atomic E-state index is -0.769. The van der Waals surface area contributed by atoms with Gasteiger partial charge in [-0.05, 0) is 25.7 Å². The molecule has 0 unspecified atom stereocenters. The normalized spacial score (nSPS) is 16.7. The summed E-state index contributed by atoms with van der Waals surface area (Å²) in [6.45, 7) is 2.50. The van der Waals surface area contributed by atoms with Gasteiger partial charge < -0.3 is 5.32 Å². The van der Waals surface area contributed by atoms with Gasteiger partial charge in [-0.3, -0.25) is 9.48 Å². The monoisotopic (exact) mass is 246 g/mol. The molecule has 96 valence electrons. The molecule has 0 aliphatic heterocycles. The molecule has 1 amide bonds. The summed E-state index contributed by atoms with van der Waals surface area (Å²) in [5, 5.41) is 16.3. The number of carbonyl (C=O) groups is 1. The van der Waals surface area contributed by atoms with E-state index in [0.29, 0.717) is 19.4 Å². The van der Waals surface area contributed by atoms with Gasteiger partial charge in [0.25, 0.3) is 0 Å². The predicted molar refractivity (Wildman–Crippen MR) is 66.3 cm³/mol. The van der Waals surface area contributed by atoms with E-state index < -0.39 is 5.41 Å². The lowest BCUT2D eigenvalue weighted by molar-refractivity contribution is -0.131. The molecule has 1 heterocycles. The molecule has 0 radical (unpaired) electrons. The molecule has 0 spiro atoms. The van der Waals surface area contributed by atoms with Crippen LogP contribution >= 0.6 is 0 Å². The molecule has 1 aromatic rings. The maximum absolute atomic E-state index is 12.0. The van der Waals surface area contributed by atoms with Crippen molar-refractivity contribution in [3.63, 3.8) is 0 Å². The summed E-state index contributed by atoms with van der Waals surface area (Å²) in [5.74, 6) is -0.137. The molecule has 0 bridgehead atoms. The molecule has 0 aromatic carbocycles. The largest absolute Gasteiger partial charge is 0.351 e. The lowest BCUT2D eigenvalue weighted by atomic mass is 9.69. The number of aromatic nitrogens is 2. The Hall–Kier alpha value is -1.83. The van der Waals surface area contributed by atoms with Crippen molar-refractivity contribution in [1.29, 1.82) is 5.26 Å². The SMILES string of the molecule is CCc1nn(C)cc1CNC(=O)C1(C#N)CCC1. The highest BCUT2D eigenvalue weighted by Gasteiger charge is 2.44. The second-order valence-electron chi connectivity index (χ2n) is 4.86. The van der Waals surface area contributed by atoms with Crippen molar-refractivity contribution in [3.8, 4) is 6.07 Å². The molecule has 18 heavy (non-hydrogen) atoms. The van der Waals surface area contributed by atoms with E-state index in [0.717, 1.165) is 24.1 Å². The standard InChI is InChI=1S/C13H18N4O/c1-3-11-10(8-17(2)16-11)7-15-12(18)13(9-14)5-4-6-13/h8H,3-7H2,1-2H3,(H,15,18). The van der Waals surface area contributed by atoms with Gasteiger partial charge in [0.2, 0.25) is 5.91 Å². The lowest BCUT2D eigenvalue weighted by Gasteiger charge is -2.33. The van der Waals surface area contributed by atoms with E-state index in [1.807, 2.05) is 20.2 Å². The van der Waals surface area contributed by atoms with Gasteiger partial charge in [0.1, 0.15) is 5.41 Å². The van der Waals surface area contributed by atoms with Crippen molar-refractivity contribution < 1.29 is 4.79 Å². The van der Waals surface area contributed by atoms with Gasteiger partial charge in [-0.25, -0.2) is 0 Å². The van der Waals surface area contributed by atoms with Crippen molar-refractivity contribution in [2.75, 3.05) is 0 Å². The number of nitrogens with one attached hydrogen (secondary N) is 1. The molecule has 0 atom stereocenters. The first kappa shape index (κ1) is 12.6. The number of nitrogens with zero attached hydrogens (tertiary/aromatic N) is 3. The third-order valence-corrected chi connectivity index (χ3v) is 3.62. The van der Waals surface area contributed by atoms with Gasteiger partial charge in [-0.1, -0.05) is 6.92 Å². The van der Waals surface area contributed by atoms with Gasteiger partial charge in [-0.15, -0.1) is 0 Å². The molecular formula is C13H18N4O. The molecular weight excluding hydrogens is 228 g/mol. The quantitative estimate of drug-likeness (QED) is 0.870. The summed E-state index contributed by atoms with van der Waals surface area (Å²) in [7, 11) is 1.87. The van der Waals surface area contributed by atoms with Crippen LogP contribution in [-0.4, -0.2) is 15.7 Å². The molecule has 0 saturated heterocycles. The smallest absolute Gasteiger partial charge is 0.240 e. The number of rotatable bonds is 4. The van der Waals surface area contributed by atoms with Crippen LogP contribution in [0, 0.1) is 16.7 Å². The van der Waals surface area contributed by atoms with E-state index in [9.17, 15) is 4.79 Å². The Kier molecular flexibility index (Phi) is 3.37. The first-order chi connectivity index (χ1) is 8.61. The second kappa shape index (κ2) is 4.81. The van der Waals surface area contributed by atoms with E-state index in [2.05, 4.69) is 16.5 Å². The summed E-state index contributed by atoms with van der Waals surface area (Å²) < 4.78 is 1.75. The van der Waals surface area contributed by atoms with E-state index in [1.54, 1.807) is 4.68 Å². The van der Waals surface area contributed by atoms with Crippen LogP contribution in [0.1, 0.15) is 37.4 Å². The number of hydrogen-bond acceptors (Lipinski definition) is 3. The van der Waals surface area contributed by atoms with Crippen LogP contribution in [0.15, 0.2) is 6.20 Å². The highest BCUT2D eigenvalue weighted by Crippen LogP contribution is 2.40. The first-order valence-electron chi connectivity index (χ1n) is 6.32. The molecule has 1 saturated carbocycles. The van der Waals surface area contributed by atoms with E-state index in [-0.39, 0.29) is 5.91 Å². The molecule has 1 aromatic heterocycles. The zero-order chi connectivity index (χ0) is 13.2. The van der Waals surface area contributed by atoms with Crippen LogP contribution < -0.4 is 5.32 Å². The van der Waals surface area contributed by atoms with Gasteiger partial charge in [0.05, 0.1) is 11.8 Å². The predicted octanol–water partition coefficient (Wildman–Crippen LogP) is 1.29. The molecule has 1 N–H and O–H groups in total. The van der Waals surface area contributed by atoms with E-state index in [4.69, 9.17) is 5.26 Å². The van der Waals surface area contributed by atoms with Crippen molar-refractivity contribution in [3.05, 3.63) is 17.5 Å². The number of aryl methyl sites for hydroxylation is 2. The molecule has 1 aliphatic carbocycles. The summed E-state index contributed by atoms with van der Waals surface area (Å²) >= 11 is 0. The fourth-order valence-electron chi connectivity index (χ4n) is 2.29. The molecule has 2 rings (SSSR count). The van der Waals surface area contributed by atoms with Gasteiger partial charge in [0, 0.05) is 25.4 Å². The number of nitriles is 1. The zero-order valence-corrected chi connectivity index (χ0v) is 10.9. The Balaban J connectivity index is 1.99. The van der Waals surface area contributed by atoms with Gasteiger partial charge in [-0.2, -0.15) is 10.4 Å². The minimum absolute atomic E-state index is 0.137. The van der Waals surface area contributed by atoms with Crippen LogP contribution in [0.5, 0.6) is 0 Å². The highest BCUT2D eigenvalue weighted by molar-refractivity contribution is 5.86. The summed E-state index contributed by atoms with van der Waals surface area (Å²) in [5.41, 5.74) is 1.26. The Morgan fingerprint density at radius 3 is 2.89 bits per heavy atom. The molecule has 1 fully saturated rings. The average Bonchev–Trinajstić information content (AvgIpc) is 2.66. The van der Waals surface area contributed by atoms with Crippen molar-refractivity contribution in [2.24, 2.45) is 12.5 Å². The maximum atomic E-state index is 12.0. The maximum Gasteiger partial charge on any atom is 0.240 e. The zero-order valence-electron chi connectivity index (χ0n) is 10.9. The Bertz CT molecular complexity index is 494. The summed E-state index contributed by atoms with van der Waals surface area (Å²) in [4.78, 5) is 12.0. The van der Waals surface area contributed by atoms with Crippen LogP contribution in [0.2, 0.25) is 0 Å². The first-order valence-corrected chi connectivity index (χ1v) is 6.32. The van der Waals surface area contributed by atoms with E-state index in [1.165, 1.54) is 0 Å². The summed E-state index contributed by atoms with van der Waals surface area (Å²) in [6, 6.07) is 2.15.